The van der Waals surface area contributed by atoms with Crippen LogP contribution < -0.4 is 21.9 Å². The lowest BCUT2D eigenvalue weighted by molar-refractivity contribution is -0.899. The molecule has 0 atom stereocenters. The molecule has 0 fully saturated rings. The molecule has 0 saturated carbocycles. The minimum Gasteiger partial charge on any atom is -1.00 e. The van der Waals surface area contributed by atoms with E-state index in [1.807, 2.05) is 27.9 Å². The van der Waals surface area contributed by atoms with Gasteiger partial charge in [0.05, 0.1) is 20.7 Å². The van der Waals surface area contributed by atoms with Gasteiger partial charge in [-0.05, 0) is 13.8 Å². The van der Waals surface area contributed by atoms with E-state index >= 15 is 0 Å². The van der Waals surface area contributed by atoms with Crippen LogP contribution in [0.3, 0.4) is 0 Å². The van der Waals surface area contributed by atoms with Crippen LogP contribution in [-0.4, -0.2) is 37.1 Å². The highest BCUT2D eigenvalue weighted by Crippen LogP contribution is 2.00. The average Bonchev–Trinajstić information content (AvgIpc) is 1.88. The summed E-state index contributed by atoms with van der Waals surface area (Å²) < 4.78 is 0. The van der Waals surface area contributed by atoms with Gasteiger partial charge in [-0.25, -0.2) is 0 Å². The zero-order chi connectivity index (χ0) is 9.07. The van der Waals surface area contributed by atoms with Crippen molar-refractivity contribution in [1.82, 2.24) is 0 Å². The Bertz CT molecular complexity index is 146. The van der Waals surface area contributed by atoms with Crippen molar-refractivity contribution in [2.24, 2.45) is 0 Å². The maximum atomic E-state index is 11.3. The molecule has 74 valence electrons. The van der Waals surface area contributed by atoms with Gasteiger partial charge in [-0.3, -0.25) is 4.79 Å². The molecule has 0 bridgehead atoms. The molecule has 2 N–H and O–H groups in total. The van der Waals surface area contributed by atoms with Gasteiger partial charge >= 0.3 is 0 Å². The van der Waals surface area contributed by atoms with Crippen molar-refractivity contribution in [2.75, 3.05) is 20.7 Å². The van der Waals surface area contributed by atoms with Crippen molar-refractivity contribution in [3.05, 3.63) is 0 Å². The first kappa shape index (κ1) is 14.6. The zero-order valence-corrected chi connectivity index (χ0v) is 9.73. The van der Waals surface area contributed by atoms with Gasteiger partial charge in [0.1, 0.15) is 0 Å². The molecule has 0 amide bonds. The maximum Gasteiger partial charge on any atom is 0.194 e. The van der Waals surface area contributed by atoms with Gasteiger partial charge in [-0.15, -0.1) is 0 Å². The molecular formula is C8H18BrNO2. The number of Topliss-reactive ketones (excluding diaryl/α,β-unsaturated/α-hetero) is 1. The third-order valence-corrected chi connectivity index (χ3v) is 2.29. The van der Waals surface area contributed by atoms with Crippen LogP contribution in [0.1, 0.15) is 20.3 Å². The molecular weight excluding hydrogens is 222 g/mol. The lowest BCUT2D eigenvalue weighted by Gasteiger charge is -2.27. The van der Waals surface area contributed by atoms with Gasteiger partial charge in [0.2, 0.25) is 0 Å². The fourth-order valence-corrected chi connectivity index (χ4v) is 0.693. The molecule has 0 radical (unpaired) electrons. The highest BCUT2D eigenvalue weighted by molar-refractivity contribution is 5.86. The van der Waals surface area contributed by atoms with E-state index in [0.717, 1.165) is 4.90 Å². The van der Waals surface area contributed by atoms with Crippen LogP contribution in [0.15, 0.2) is 0 Å². The largest absolute Gasteiger partial charge is 1.00 e. The summed E-state index contributed by atoms with van der Waals surface area (Å²) in [5, 5.41) is 8.55. The number of ketones is 1. The van der Waals surface area contributed by atoms with Gasteiger partial charge in [0, 0.05) is 6.42 Å². The molecule has 0 aliphatic carbocycles. The number of carbonyl (C=O) groups is 1. The molecule has 4 heteroatoms. The molecule has 0 unspecified atom stereocenters. The van der Waals surface area contributed by atoms with E-state index in [4.69, 9.17) is 5.11 Å². The number of carbonyl (C=O) groups excluding carboxylic acids is 1. The Balaban J connectivity index is 0. The topological polar surface area (TPSA) is 41.7 Å². The van der Waals surface area contributed by atoms with E-state index < -0.39 is 0 Å². The third-order valence-electron chi connectivity index (χ3n) is 2.29. The maximum absolute atomic E-state index is 11.3. The zero-order valence-electron chi connectivity index (χ0n) is 8.15. The molecule has 0 spiro atoms. The summed E-state index contributed by atoms with van der Waals surface area (Å²) in [6.07, 6.45) is 0.262. The van der Waals surface area contributed by atoms with E-state index in [1.165, 1.54) is 0 Å². The molecule has 0 aromatic rings. The quantitative estimate of drug-likeness (QED) is 0.524. The standard InChI is InChI=1S/C8H17NO2.BrH/c1-8(2,9(3)4)7(11)5-6-10;/h10H,5-6H2,1-4H3;1H. The molecule has 0 heterocycles. The first-order chi connectivity index (χ1) is 4.92. The van der Waals surface area contributed by atoms with Crippen molar-refractivity contribution in [2.45, 2.75) is 25.8 Å². The van der Waals surface area contributed by atoms with Crippen molar-refractivity contribution in [3.8, 4) is 0 Å². The second-order valence-corrected chi connectivity index (χ2v) is 3.52. The minimum absolute atomic E-state index is 0. The summed E-state index contributed by atoms with van der Waals surface area (Å²) >= 11 is 0. The van der Waals surface area contributed by atoms with Crippen LogP contribution in [0.25, 0.3) is 0 Å². The molecule has 3 nitrogen and oxygen atoms in total. The van der Waals surface area contributed by atoms with E-state index in [2.05, 4.69) is 0 Å². The number of aliphatic hydroxyl groups excluding tert-OH is 1. The molecule has 0 aliphatic heterocycles. The second-order valence-electron chi connectivity index (χ2n) is 3.52. The third kappa shape index (κ3) is 3.65. The number of aliphatic hydroxyl groups is 1. The van der Waals surface area contributed by atoms with Crippen molar-refractivity contribution in [1.29, 1.82) is 0 Å². The number of quaternary nitrogens is 1. The van der Waals surface area contributed by atoms with Crippen LogP contribution in [-0.2, 0) is 4.79 Å². The van der Waals surface area contributed by atoms with Crippen molar-refractivity contribution >= 4 is 5.78 Å². The van der Waals surface area contributed by atoms with Gasteiger partial charge < -0.3 is 27.0 Å². The average molecular weight is 240 g/mol. The van der Waals surface area contributed by atoms with Crippen LogP contribution in [0.2, 0.25) is 0 Å². The number of hydrogen-bond donors (Lipinski definition) is 2. The lowest BCUT2D eigenvalue weighted by Crippen LogP contribution is -3.15. The molecule has 0 rings (SSSR count). The Morgan fingerprint density at radius 1 is 1.42 bits per heavy atom. The Kier molecular flexibility index (Phi) is 6.89. The molecule has 0 aliphatic rings. The summed E-state index contributed by atoms with van der Waals surface area (Å²) in [5.74, 6) is 0.111. The number of halogens is 1. The first-order valence-corrected chi connectivity index (χ1v) is 3.87. The summed E-state index contributed by atoms with van der Waals surface area (Å²) in [7, 11) is 3.88. The predicted octanol–water partition coefficient (Wildman–Crippen LogP) is -4.13. The number of hydrogen-bond acceptors (Lipinski definition) is 2. The fraction of sp³-hybridized carbons (Fsp3) is 0.875. The smallest absolute Gasteiger partial charge is 0.194 e. The van der Waals surface area contributed by atoms with Crippen molar-refractivity contribution < 1.29 is 31.8 Å². The normalized spacial score (nSPS) is 11.2. The predicted molar refractivity (Wildman–Crippen MR) is 43.6 cm³/mol. The van der Waals surface area contributed by atoms with Crippen LogP contribution in [0, 0.1) is 0 Å². The van der Waals surface area contributed by atoms with Crippen LogP contribution in [0.5, 0.6) is 0 Å². The summed E-state index contributed by atoms with van der Waals surface area (Å²) in [4.78, 5) is 12.4. The van der Waals surface area contributed by atoms with E-state index in [0.29, 0.717) is 0 Å². The monoisotopic (exact) mass is 239 g/mol. The Morgan fingerprint density at radius 2 is 1.83 bits per heavy atom. The highest BCUT2D eigenvalue weighted by atomic mass is 79.9. The molecule has 12 heavy (non-hydrogen) atoms. The van der Waals surface area contributed by atoms with Gasteiger partial charge in [-0.2, -0.15) is 0 Å². The summed E-state index contributed by atoms with van der Waals surface area (Å²) in [5.41, 5.74) is -0.372. The second kappa shape index (κ2) is 5.67. The lowest BCUT2D eigenvalue weighted by atomic mass is 9.96. The van der Waals surface area contributed by atoms with Gasteiger partial charge in [0.15, 0.2) is 11.3 Å². The fourth-order valence-electron chi connectivity index (χ4n) is 0.693. The summed E-state index contributed by atoms with van der Waals surface area (Å²) in [6, 6.07) is 0. The summed E-state index contributed by atoms with van der Waals surface area (Å²) in [6.45, 7) is 3.73. The minimum atomic E-state index is -0.372. The molecule has 0 aromatic heterocycles. The Hall–Kier alpha value is 0.0700. The number of nitrogens with one attached hydrogen (secondary N) is 1. The van der Waals surface area contributed by atoms with E-state index in [-0.39, 0.29) is 41.3 Å². The molecule has 0 aromatic carbocycles. The van der Waals surface area contributed by atoms with E-state index in [1.54, 1.807) is 0 Å². The van der Waals surface area contributed by atoms with Gasteiger partial charge in [-0.1, -0.05) is 0 Å². The van der Waals surface area contributed by atoms with E-state index in [9.17, 15) is 4.79 Å². The van der Waals surface area contributed by atoms with Gasteiger partial charge in [0.25, 0.3) is 0 Å². The van der Waals surface area contributed by atoms with Crippen LogP contribution >= 0.6 is 0 Å². The number of rotatable bonds is 4. The molecule has 0 saturated heterocycles. The van der Waals surface area contributed by atoms with Crippen LogP contribution in [0.4, 0.5) is 0 Å². The van der Waals surface area contributed by atoms with Crippen molar-refractivity contribution in [3.63, 3.8) is 0 Å². The number of likely N-dealkylation sites (N-methyl/N-ethyl adjacent to an activating group) is 1. The Morgan fingerprint density at radius 3 is 2.08 bits per heavy atom. The first-order valence-electron chi connectivity index (χ1n) is 3.87. The SMILES string of the molecule is C[NH+](C)C(C)(C)C(=O)CCO.[Br-]. The Labute approximate surface area is 84.5 Å². The highest BCUT2D eigenvalue weighted by Gasteiger charge is 2.32.